The van der Waals surface area contributed by atoms with Crippen LogP contribution in [-0.4, -0.2) is 39.9 Å². The minimum atomic E-state index is -1.41. The number of hydrogen-bond donors (Lipinski definition) is 2. The molecule has 0 bridgehead atoms. The summed E-state index contributed by atoms with van der Waals surface area (Å²) in [4.78, 5) is 11.7. The SMILES string of the molecule is CC(C)(F)CO[C@H]1COc2ccccc2[C@@H]1Nc1ncnc2[nH]ccc12. The van der Waals surface area contributed by atoms with Crippen molar-refractivity contribution in [2.45, 2.75) is 31.7 Å². The minimum absolute atomic E-state index is 0.00921. The van der Waals surface area contributed by atoms with Crippen molar-refractivity contribution in [2.75, 3.05) is 18.5 Å². The van der Waals surface area contributed by atoms with Gasteiger partial charge in [-0.3, -0.25) is 0 Å². The lowest BCUT2D eigenvalue weighted by atomic mass is 9.97. The van der Waals surface area contributed by atoms with Crippen molar-refractivity contribution < 1.29 is 13.9 Å². The summed E-state index contributed by atoms with van der Waals surface area (Å²) in [5.41, 5.74) is 0.303. The standard InChI is InChI=1S/C19H21FN4O2/c1-19(2,20)10-26-15-9-25-14-6-4-3-5-12(14)16(15)24-18-13-7-8-21-17(13)22-11-23-18/h3-8,11,15-16H,9-10H2,1-2H3,(H2,21,22,23,24)/t15-,16-/m0/s1. The zero-order valence-electron chi connectivity index (χ0n) is 14.7. The molecule has 26 heavy (non-hydrogen) atoms. The number of alkyl halides is 1. The smallest absolute Gasteiger partial charge is 0.142 e. The molecule has 4 rings (SSSR count). The second-order valence-electron chi connectivity index (χ2n) is 7.00. The molecule has 0 saturated heterocycles. The van der Waals surface area contributed by atoms with E-state index in [9.17, 15) is 4.39 Å². The van der Waals surface area contributed by atoms with E-state index in [2.05, 4.69) is 20.3 Å². The summed E-state index contributed by atoms with van der Waals surface area (Å²) in [6.07, 6.45) is 2.98. The predicted molar refractivity (Wildman–Crippen MR) is 97.1 cm³/mol. The van der Waals surface area contributed by atoms with Gasteiger partial charge in [0.1, 0.15) is 41.9 Å². The molecule has 0 radical (unpaired) electrons. The van der Waals surface area contributed by atoms with Gasteiger partial charge in [0.05, 0.1) is 18.0 Å². The van der Waals surface area contributed by atoms with Crippen molar-refractivity contribution in [1.82, 2.24) is 15.0 Å². The average molecular weight is 356 g/mol. The van der Waals surface area contributed by atoms with E-state index in [0.29, 0.717) is 12.4 Å². The number of nitrogens with one attached hydrogen (secondary N) is 2. The fourth-order valence-corrected chi connectivity index (χ4v) is 3.09. The van der Waals surface area contributed by atoms with Crippen molar-refractivity contribution in [3.63, 3.8) is 0 Å². The van der Waals surface area contributed by atoms with Gasteiger partial charge in [0.2, 0.25) is 0 Å². The van der Waals surface area contributed by atoms with E-state index in [0.717, 1.165) is 22.3 Å². The van der Waals surface area contributed by atoms with Crippen LogP contribution in [0.15, 0.2) is 42.9 Å². The first kappa shape index (κ1) is 16.8. The Morgan fingerprint density at radius 3 is 3.00 bits per heavy atom. The largest absolute Gasteiger partial charge is 0.490 e. The Kier molecular flexibility index (Phi) is 4.24. The van der Waals surface area contributed by atoms with Crippen LogP contribution in [0.1, 0.15) is 25.5 Å². The van der Waals surface area contributed by atoms with Crippen LogP contribution in [0.3, 0.4) is 0 Å². The summed E-state index contributed by atoms with van der Waals surface area (Å²) < 4.78 is 25.6. The van der Waals surface area contributed by atoms with Crippen LogP contribution in [0, 0.1) is 0 Å². The van der Waals surface area contributed by atoms with Gasteiger partial charge < -0.3 is 19.8 Å². The van der Waals surface area contributed by atoms with E-state index in [1.54, 1.807) is 0 Å². The number of halogens is 1. The number of fused-ring (bicyclic) bond motifs is 2. The number of para-hydroxylation sites is 1. The summed E-state index contributed by atoms with van der Waals surface area (Å²) in [7, 11) is 0. The molecule has 0 fully saturated rings. The maximum Gasteiger partial charge on any atom is 0.142 e. The molecule has 2 atom stereocenters. The quantitative estimate of drug-likeness (QED) is 0.730. The van der Waals surface area contributed by atoms with E-state index in [1.165, 1.54) is 20.2 Å². The van der Waals surface area contributed by atoms with Crippen LogP contribution in [0.2, 0.25) is 0 Å². The molecule has 7 heteroatoms. The Balaban J connectivity index is 1.67. The van der Waals surface area contributed by atoms with E-state index < -0.39 is 5.67 Å². The third-order valence-electron chi connectivity index (χ3n) is 4.32. The molecular weight excluding hydrogens is 335 g/mol. The molecule has 3 aromatic rings. The number of anilines is 1. The lowest BCUT2D eigenvalue weighted by Gasteiger charge is -2.35. The van der Waals surface area contributed by atoms with Crippen molar-refractivity contribution in [1.29, 1.82) is 0 Å². The Bertz CT molecular complexity index is 906. The molecule has 3 heterocycles. The van der Waals surface area contributed by atoms with Gasteiger partial charge in [0, 0.05) is 11.8 Å². The second kappa shape index (κ2) is 6.57. The summed E-state index contributed by atoms with van der Waals surface area (Å²) in [5, 5.41) is 4.34. The molecule has 0 amide bonds. The number of hydrogen-bond acceptors (Lipinski definition) is 5. The number of nitrogens with zero attached hydrogens (tertiary/aromatic N) is 2. The number of H-pyrrole nitrogens is 1. The Hall–Kier alpha value is -2.67. The zero-order valence-corrected chi connectivity index (χ0v) is 14.7. The maximum atomic E-state index is 13.9. The molecule has 0 unspecified atom stereocenters. The van der Waals surface area contributed by atoms with Gasteiger partial charge in [0.15, 0.2) is 0 Å². The second-order valence-corrected chi connectivity index (χ2v) is 7.00. The highest BCUT2D eigenvalue weighted by Crippen LogP contribution is 2.36. The number of aromatic amines is 1. The first-order valence-electron chi connectivity index (χ1n) is 8.58. The highest BCUT2D eigenvalue weighted by atomic mass is 19.1. The van der Waals surface area contributed by atoms with Crippen LogP contribution in [0.5, 0.6) is 5.75 Å². The maximum absolute atomic E-state index is 13.9. The van der Waals surface area contributed by atoms with Crippen molar-refractivity contribution >= 4 is 16.9 Å². The van der Waals surface area contributed by atoms with Gasteiger partial charge in [-0.1, -0.05) is 18.2 Å². The fraction of sp³-hybridized carbons (Fsp3) is 0.368. The molecule has 1 aromatic carbocycles. The Morgan fingerprint density at radius 1 is 1.31 bits per heavy atom. The van der Waals surface area contributed by atoms with Crippen LogP contribution < -0.4 is 10.1 Å². The third kappa shape index (κ3) is 3.35. The van der Waals surface area contributed by atoms with E-state index >= 15 is 0 Å². The first-order chi connectivity index (χ1) is 12.5. The summed E-state index contributed by atoms with van der Waals surface area (Å²) in [5.74, 6) is 1.50. The number of benzene rings is 1. The topological polar surface area (TPSA) is 72.1 Å². The van der Waals surface area contributed by atoms with Gasteiger partial charge in [0.25, 0.3) is 0 Å². The van der Waals surface area contributed by atoms with E-state index in [-0.39, 0.29) is 18.8 Å². The third-order valence-corrected chi connectivity index (χ3v) is 4.32. The van der Waals surface area contributed by atoms with Crippen LogP contribution in [0.4, 0.5) is 10.2 Å². The molecule has 2 aromatic heterocycles. The molecule has 2 N–H and O–H groups in total. The molecule has 6 nitrogen and oxygen atoms in total. The monoisotopic (exact) mass is 356 g/mol. The lowest BCUT2D eigenvalue weighted by molar-refractivity contribution is -0.0457. The summed E-state index contributed by atoms with van der Waals surface area (Å²) in [6.45, 7) is 3.33. The first-order valence-corrected chi connectivity index (χ1v) is 8.58. The van der Waals surface area contributed by atoms with Crippen LogP contribution in [0.25, 0.3) is 11.0 Å². The number of aromatic nitrogens is 3. The van der Waals surface area contributed by atoms with E-state index in [1.807, 2.05) is 36.5 Å². The highest BCUT2D eigenvalue weighted by Gasteiger charge is 2.33. The Labute approximate surface area is 150 Å². The van der Waals surface area contributed by atoms with Crippen LogP contribution in [-0.2, 0) is 4.74 Å². The van der Waals surface area contributed by atoms with Crippen molar-refractivity contribution in [2.24, 2.45) is 0 Å². The predicted octanol–water partition coefficient (Wildman–Crippen LogP) is 3.64. The normalized spacial score (nSPS) is 19.8. The summed E-state index contributed by atoms with van der Waals surface area (Å²) >= 11 is 0. The van der Waals surface area contributed by atoms with Gasteiger partial charge in [-0.25, -0.2) is 14.4 Å². The van der Waals surface area contributed by atoms with Crippen molar-refractivity contribution in [3.8, 4) is 5.75 Å². The average Bonchev–Trinajstić information content (AvgIpc) is 3.10. The van der Waals surface area contributed by atoms with Crippen LogP contribution >= 0.6 is 0 Å². The molecule has 0 saturated carbocycles. The minimum Gasteiger partial charge on any atom is -0.490 e. The molecule has 136 valence electrons. The van der Waals surface area contributed by atoms with Gasteiger partial charge in [-0.2, -0.15) is 0 Å². The lowest BCUT2D eigenvalue weighted by Crippen LogP contribution is -2.40. The van der Waals surface area contributed by atoms with E-state index in [4.69, 9.17) is 9.47 Å². The van der Waals surface area contributed by atoms with Gasteiger partial charge in [-0.15, -0.1) is 0 Å². The molecule has 0 spiro atoms. The molecular formula is C19H21FN4O2. The molecule has 0 aliphatic carbocycles. The van der Waals surface area contributed by atoms with Crippen molar-refractivity contribution in [3.05, 3.63) is 48.4 Å². The fourth-order valence-electron chi connectivity index (χ4n) is 3.09. The molecule has 1 aliphatic rings. The van der Waals surface area contributed by atoms with Gasteiger partial charge >= 0.3 is 0 Å². The number of rotatable bonds is 5. The number of ether oxygens (including phenoxy) is 2. The zero-order chi connectivity index (χ0) is 18.1. The summed E-state index contributed by atoms with van der Waals surface area (Å²) in [6, 6.07) is 9.49. The Morgan fingerprint density at radius 2 is 2.15 bits per heavy atom. The van der Waals surface area contributed by atoms with Gasteiger partial charge in [-0.05, 0) is 26.0 Å². The molecule has 1 aliphatic heterocycles. The highest BCUT2D eigenvalue weighted by molar-refractivity contribution is 5.86.